The molecular weight excluding hydrogens is 422 g/mol. The summed E-state index contributed by atoms with van der Waals surface area (Å²) in [5, 5.41) is 3.94. The molecule has 0 aliphatic carbocycles. The van der Waals surface area contributed by atoms with Crippen molar-refractivity contribution >= 4 is 32.5 Å². The van der Waals surface area contributed by atoms with E-state index < -0.39 is 10.0 Å². The molecule has 7 heteroatoms. The minimum absolute atomic E-state index is 0.0102. The van der Waals surface area contributed by atoms with Gasteiger partial charge in [-0.3, -0.25) is 14.5 Å². The minimum Gasteiger partial charge on any atom is -0.345 e. The van der Waals surface area contributed by atoms with E-state index in [1.54, 1.807) is 19.2 Å². The van der Waals surface area contributed by atoms with Gasteiger partial charge < -0.3 is 5.32 Å². The molecule has 0 aliphatic heterocycles. The molecule has 0 saturated heterocycles. The second kappa shape index (κ2) is 8.90. The molecule has 1 aromatic heterocycles. The molecule has 32 heavy (non-hydrogen) atoms. The van der Waals surface area contributed by atoms with Gasteiger partial charge in [-0.1, -0.05) is 39.0 Å². The maximum absolute atomic E-state index is 12.9. The summed E-state index contributed by atoms with van der Waals surface area (Å²) in [4.78, 5) is 17.3. The van der Waals surface area contributed by atoms with Gasteiger partial charge in [-0.05, 0) is 67.1 Å². The number of anilines is 1. The van der Waals surface area contributed by atoms with Crippen LogP contribution >= 0.6 is 0 Å². The van der Waals surface area contributed by atoms with Crippen molar-refractivity contribution in [2.75, 3.05) is 10.5 Å². The van der Waals surface area contributed by atoms with Gasteiger partial charge in [-0.2, -0.15) is 0 Å². The lowest BCUT2D eigenvalue weighted by Gasteiger charge is -2.19. The Morgan fingerprint density at radius 1 is 1.09 bits per heavy atom. The Labute approximate surface area is 190 Å². The number of aromatic nitrogens is 1. The third-order valence-corrected chi connectivity index (χ3v) is 6.84. The second-order valence-corrected chi connectivity index (χ2v) is 11.2. The van der Waals surface area contributed by atoms with Crippen molar-refractivity contribution in [3.63, 3.8) is 0 Å². The summed E-state index contributed by atoms with van der Waals surface area (Å²) in [6.07, 6.45) is 1.59. The second-order valence-electron chi connectivity index (χ2n) is 9.16. The number of hydrogen-bond acceptors (Lipinski definition) is 4. The maximum atomic E-state index is 12.9. The molecule has 1 heterocycles. The zero-order chi connectivity index (χ0) is 23.7. The number of pyridine rings is 1. The Morgan fingerprint density at radius 2 is 1.81 bits per heavy atom. The van der Waals surface area contributed by atoms with Crippen LogP contribution in [0.5, 0.6) is 0 Å². The highest BCUT2D eigenvalue weighted by atomic mass is 32.2. The summed E-state index contributed by atoms with van der Waals surface area (Å²) < 4.78 is 26.3. The van der Waals surface area contributed by atoms with E-state index in [1.807, 2.05) is 38.1 Å². The molecule has 0 fully saturated rings. The fourth-order valence-electron chi connectivity index (χ4n) is 3.40. The van der Waals surface area contributed by atoms with Crippen molar-refractivity contribution in [3.05, 3.63) is 70.9 Å². The minimum atomic E-state index is -3.34. The van der Waals surface area contributed by atoms with E-state index >= 15 is 0 Å². The number of nitrogens with one attached hydrogen (secondary N) is 2. The van der Waals surface area contributed by atoms with Crippen molar-refractivity contribution in [3.8, 4) is 0 Å². The Bertz CT molecular complexity index is 1260. The first kappa shape index (κ1) is 23.7. The normalized spacial score (nSPS) is 13.1. The summed E-state index contributed by atoms with van der Waals surface area (Å²) in [5.41, 5.74) is 4.77. The molecule has 0 spiro atoms. The summed E-state index contributed by atoms with van der Waals surface area (Å²) in [7, 11) is -3.34. The van der Waals surface area contributed by atoms with E-state index in [-0.39, 0.29) is 23.1 Å². The molecule has 0 unspecified atom stereocenters. The van der Waals surface area contributed by atoms with Crippen LogP contribution in [0, 0.1) is 6.92 Å². The van der Waals surface area contributed by atoms with Crippen LogP contribution in [-0.4, -0.2) is 25.1 Å². The van der Waals surface area contributed by atoms with Crippen LogP contribution in [0.2, 0.25) is 0 Å². The van der Waals surface area contributed by atoms with Crippen LogP contribution in [0.15, 0.2) is 48.7 Å². The van der Waals surface area contributed by atoms with Crippen LogP contribution in [0.1, 0.15) is 67.7 Å². The monoisotopic (exact) mass is 453 g/mol. The number of sulfonamides is 1. The highest BCUT2D eigenvalue weighted by Gasteiger charge is 2.17. The van der Waals surface area contributed by atoms with E-state index in [9.17, 15) is 13.2 Å². The lowest BCUT2D eigenvalue weighted by atomic mass is 9.86. The first-order chi connectivity index (χ1) is 14.9. The maximum Gasteiger partial charge on any atom is 0.253 e. The van der Waals surface area contributed by atoms with E-state index in [0.717, 1.165) is 22.0 Å². The van der Waals surface area contributed by atoms with Crippen LogP contribution in [0.3, 0.4) is 0 Å². The van der Waals surface area contributed by atoms with Crippen molar-refractivity contribution in [1.29, 1.82) is 0 Å². The van der Waals surface area contributed by atoms with Crippen LogP contribution in [0.25, 0.3) is 10.9 Å². The Kier molecular flexibility index (Phi) is 6.60. The molecule has 2 aromatic carbocycles. The van der Waals surface area contributed by atoms with Gasteiger partial charge in [-0.25, -0.2) is 8.42 Å². The van der Waals surface area contributed by atoms with Gasteiger partial charge in [0.15, 0.2) is 0 Å². The average molecular weight is 454 g/mol. The molecule has 3 aromatic rings. The van der Waals surface area contributed by atoms with Crippen LogP contribution in [0.4, 0.5) is 5.69 Å². The van der Waals surface area contributed by atoms with Crippen molar-refractivity contribution < 1.29 is 13.2 Å². The smallest absolute Gasteiger partial charge is 0.253 e. The van der Waals surface area contributed by atoms with Gasteiger partial charge in [0.2, 0.25) is 10.0 Å². The first-order valence-corrected chi connectivity index (χ1v) is 12.4. The van der Waals surface area contributed by atoms with Gasteiger partial charge in [-0.15, -0.1) is 0 Å². The number of benzene rings is 2. The van der Waals surface area contributed by atoms with E-state index in [1.165, 1.54) is 5.56 Å². The highest BCUT2D eigenvalue weighted by molar-refractivity contribution is 7.92. The molecule has 0 bridgehead atoms. The number of hydrogen-bond donors (Lipinski definition) is 2. The zero-order valence-corrected chi connectivity index (χ0v) is 20.3. The summed E-state index contributed by atoms with van der Waals surface area (Å²) in [6, 6.07) is 13.2. The largest absolute Gasteiger partial charge is 0.345 e. The van der Waals surface area contributed by atoms with Crippen molar-refractivity contribution in [2.45, 2.75) is 53.0 Å². The predicted octanol–water partition coefficient (Wildman–Crippen LogP) is 5.09. The van der Waals surface area contributed by atoms with E-state index in [4.69, 9.17) is 0 Å². The highest BCUT2D eigenvalue weighted by Crippen LogP contribution is 2.26. The molecule has 170 valence electrons. The third kappa shape index (κ3) is 5.46. The molecule has 6 nitrogen and oxygen atoms in total. The Morgan fingerprint density at radius 3 is 2.44 bits per heavy atom. The van der Waals surface area contributed by atoms with Crippen molar-refractivity contribution in [2.24, 2.45) is 0 Å². The number of aryl methyl sites for hydroxylation is 1. The SMILES string of the molecule is CCS(=O)(=O)Nc1ccc([C@@H](C)NC(=O)c2cnc3ccc(C(C)(C)C)cc3c2)cc1C. The molecule has 3 rings (SSSR count). The standard InChI is InChI=1S/C25H31N3O3S/c1-7-32(30,31)28-22-10-8-18(12-16(22)2)17(3)27-24(29)20-13-19-14-21(25(4,5)6)9-11-23(19)26-15-20/h8-15,17,28H,7H2,1-6H3,(H,27,29)/t17-/m1/s1. The molecular formula is C25H31N3O3S. The number of nitrogens with zero attached hydrogens (tertiary/aromatic N) is 1. The van der Waals surface area contributed by atoms with E-state index in [2.05, 4.69) is 47.9 Å². The van der Waals surface area contributed by atoms with Crippen molar-refractivity contribution in [1.82, 2.24) is 10.3 Å². The Hall–Kier alpha value is -2.93. The van der Waals surface area contributed by atoms with Gasteiger partial charge in [0.25, 0.3) is 5.91 Å². The number of rotatable bonds is 6. The third-order valence-electron chi connectivity index (χ3n) is 5.55. The molecule has 0 saturated carbocycles. The number of carbonyl (C=O) groups excluding carboxylic acids is 1. The number of amides is 1. The van der Waals surface area contributed by atoms with Gasteiger partial charge in [0.05, 0.1) is 28.6 Å². The summed E-state index contributed by atoms with van der Waals surface area (Å²) >= 11 is 0. The first-order valence-electron chi connectivity index (χ1n) is 10.7. The summed E-state index contributed by atoms with van der Waals surface area (Å²) in [6.45, 7) is 11.8. The quantitative estimate of drug-likeness (QED) is 0.544. The average Bonchev–Trinajstić information content (AvgIpc) is 2.73. The molecule has 1 atom stereocenters. The van der Waals surface area contributed by atoms with Crippen LogP contribution < -0.4 is 10.0 Å². The lowest BCUT2D eigenvalue weighted by molar-refractivity contribution is 0.0939. The molecule has 1 amide bonds. The Balaban J connectivity index is 1.79. The van der Waals surface area contributed by atoms with Gasteiger partial charge in [0, 0.05) is 11.6 Å². The van der Waals surface area contributed by atoms with Crippen LogP contribution in [-0.2, 0) is 15.4 Å². The van der Waals surface area contributed by atoms with Gasteiger partial charge in [0.1, 0.15) is 0 Å². The summed E-state index contributed by atoms with van der Waals surface area (Å²) in [5.74, 6) is -0.195. The molecule has 0 radical (unpaired) electrons. The molecule has 2 N–H and O–H groups in total. The fraction of sp³-hybridized carbons (Fsp3) is 0.360. The number of fused-ring (bicyclic) bond motifs is 1. The topological polar surface area (TPSA) is 88.2 Å². The molecule has 0 aliphatic rings. The lowest BCUT2D eigenvalue weighted by Crippen LogP contribution is -2.27. The fourth-order valence-corrected chi connectivity index (χ4v) is 4.10. The van der Waals surface area contributed by atoms with E-state index in [0.29, 0.717) is 11.3 Å². The predicted molar refractivity (Wildman–Crippen MR) is 131 cm³/mol. The number of carbonyl (C=O) groups is 1. The zero-order valence-electron chi connectivity index (χ0n) is 19.5. The van der Waals surface area contributed by atoms with Gasteiger partial charge >= 0.3 is 0 Å².